The first-order valence-electron chi connectivity index (χ1n) is 8.08. The van der Waals surface area contributed by atoms with Crippen molar-refractivity contribution < 1.29 is 4.79 Å². The minimum atomic E-state index is -0.321. The standard InChI is InChI=1S/C18H15ClN6OS/c1-11-14(9-24(2)23-11)16-10-27-18(21-16)22-17(26)13-8-12(4-5-15(13)19)25-7-3-6-20-25/h3-10H,1-2H3,(H,21,22,26). The van der Waals surface area contributed by atoms with Crippen molar-refractivity contribution in [2.24, 2.45) is 7.05 Å². The molecule has 0 bridgehead atoms. The van der Waals surface area contributed by atoms with Crippen LogP contribution in [0, 0.1) is 6.92 Å². The Labute approximate surface area is 164 Å². The van der Waals surface area contributed by atoms with Crippen LogP contribution >= 0.6 is 22.9 Å². The van der Waals surface area contributed by atoms with Crippen LogP contribution in [0.4, 0.5) is 5.13 Å². The fraction of sp³-hybridized carbons (Fsp3) is 0.111. The smallest absolute Gasteiger partial charge is 0.259 e. The summed E-state index contributed by atoms with van der Waals surface area (Å²) in [6.07, 6.45) is 5.38. The molecule has 0 aliphatic carbocycles. The zero-order valence-corrected chi connectivity index (χ0v) is 16.1. The van der Waals surface area contributed by atoms with E-state index < -0.39 is 0 Å². The number of hydrogen-bond donors (Lipinski definition) is 1. The van der Waals surface area contributed by atoms with Gasteiger partial charge in [0.25, 0.3) is 5.91 Å². The fourth-order valence-electron chi connectivity index (χ4n) is 2.72. The molecule has 1 N–H and O–H groups in total. The number of anilines is 1. The summed E-state index contributed by atoms with van der Waals surface area (Å²) in [5.74, 6) is -0.321. The Hall–Kier alpha value is -2.97. The third-order valence-corrected chi connectivity index (χ3v) is 5.06. The Kier molecular flexibility index (Phi) is 4.51. The molecule has 0 saturated heterocycles. The predicted octanol–water partition coefficient (Wildman–Crippen LogP) is 3.94. The quantitative estimate of drug-likeness (QED) is 0.564. The van der Waals surface area contributed by atoms with E-state index in [0.29, 0.717) is 15.7 Å². The minimum Gasteiger partial charge on any atom is -0.298 e. The van der Waals surface area contributed by atoms with E-state index in [4.69, 9.17) is 11.6 Å². The summed E-state index contributed by atoms with van der Waals surface area (Å²) in [5.41, 5.74) is 3.71. The average Bonchev–Trinajstić information content (AvgIpc) is 3.37. The largest absolute Gasteiger partial charge is 0.298 e. The second-order valence-corrected chi connectivity index (χ2v) is 7.17. The van der Waals surface area contributed by atoms with Gasteiger partial charge in [0.15, 0.2) is 5.13 Å². The molecule has 0 fully saturated rings. The van der Waals surface area contributed by atoms with Gasteiger partial charge < -0.3 is 0 Å². The topological polar surface area (TPSA) is 77.6 Å². The van der Waals surface area contributed by atoms with Crippen LogP contribution in [0.3, 0.4) is 0 Å². The molecule has 0 saturated carbocycles. The fourth-order valence-corrected chi connectivity index (χ4v) is 3.63. The van der Waals surface area contributed by atoms with E-state index in [2.05, 4.69) is 20.5 Å². The van der Waals surface area contributed by atoms with Crippen LogP contribution in [0.1, 0.15) is 16.1 Å². The summed E-state index contributed by atoms with van der Waals surface area (Å²) in [5, 5.41) is 14.1. The Bertz CT molecular complexity index is 1120. The van der Waals surface area contributed by atoms with E-state index in [-0.39, 0.29) is 5.91 Å². The van der Waals surface area contributed by atoms with Crippen molar-refractivity contribution in [3.8, 4) is 16.9 Å². The molecule has 7 nitrogen and oxygen atoms in total. The van der Waals surface area contributed by atoms with Crippen molar-refractivity contribution in [1.29, 1.82) is 0 Å². The van der Waals surface area contributed by atoms with Crippen LogP contribution in [0.25, 0.3) is 16.9 Å². The third kappa shape index (κ3) is 3.49. The number of benzene rings is 1. The van der Waals surface area contributed by atoms with Gasteiger partial charge in [-0.1, -0.05) is 11.6 Å². The molecule has 4 aromatic rings. The Morgan fingerprint density at radius 3 is 2.89 bits per heavy atom. The lowest BCUT2D eigenvalue weighted by Crippen LogP contribution is -2.13. The van der Waals surface area contributed by atoms with E-state index >= 15 is 0 Å². The van der Waals surface area contributed by atoms with E-state index in [1.807, 2.05) is 31.6 Å². The van der Waals surface area contributed by atoms with Gasteiger partial charge in [-0.25, -0.2) is 9.67 Å². The highest BCUT2D eigenvalue weighted by Crippen LogP contribution is 2.28. The maximum Gasteiger partial charge on any atom is 0.259 e. The second-order valence-electron chi connectivity index (χ2n) is 5.91. The SMILES string of the molecule is Cc1nn(C)cc1-c1csc(NC(=O)c2cc(-n3cccn3)ccc2Cl)n1. The number of aryl methyl sites for hydroxylation is 2. The maximum absolute atomic E-state index is 12.7. The predicted molar refractivity (Wildman–Crippen MR) is 106 cm³/mol. The molecule has 1 aromatic carbocycles. The number of carbonyl (C=O) groups excluding carboxylic acids is 1. The van der Waals surface area contributed by atoms with Gasteiger partial charge in [0, 0.05) is 36.6 Å². The highest BCUT2D eigenvalue weighted by Gasteiger charge is 2.16. The molecule has 0 spiro atoms. The van der Waals surface area contributed by atoms with Gasteiger partial charge in [-0.15, -0.1) is 11.3 Å². The average molecular weight is 399 g/mol. The van der Waals surface area contributed by atoms with Crippen LogP contribution in [-0.4, -0.2) is 30.5 Å². The molecule has 27 heavy (non-hydrogen) atoms. The van der Waals surface area contributed by atoms with Crippen molar-refractivity contribution in [3.05, 3.63) is 64.5 Å². The molecule has 0 atom stereocenters. The van der Waals surface area contributed by atoms with Gasteiger partial charge in [-0.3, -0.25) is 14.8 Å². The van der Waals surface area contributed by atoms with Crippen molar-refractivity contribution in [2.75, 3.05) is 5.32 Å². The number of aromatic nitrogens is 5. The van der Waals surface area contributed by atoms with Crippen LogP contribution in [0.2, 0.25) is 5.02 Å². The summed E-state index contributed by atoms with van der Waals surface area (Å²) >= 11 is 7.58. The van der Waals surface area contributed by atoms with Gasteiger partial charge in [0.05, 0.1) is 27.7 Å². The number of thiazole rings is 1. The van der Waals surface area contributed by atoms with Gasteiger partial charge in [-0.2, -0.15) is 10.2 Å². The highest BCUT2D eigenvalue weighted by molar-refractivity contribution is 7.14. The van der Waals surface area contributed by atoms with E-state index in [9.17, 15) is 4.79 Å². The number of rotatable bonds is 4. The normalized spacial score (nSPS) is 10.9. The number of hydrogen-bond acceptors (Lipinski definition) is 5. The highest BCUT2D eigenvalue weighted by atomic mass is 35.5. The zero-order chi connectivity index (χ0) is 19.0. The van der Waals surface area contributed by atoms with Gasteiger partial charge >= 0.3 is 0 Å². The molecule has 3 heterocycles. The van der Waals surface area contributed by atoms with Crippen LogP contribution in [-0.2, 0) is 7.05 Å². The summed E-state index contributed by atoms with van der Waals surface area (Å²) in [7, 11) is 1.86. The van der Waals surface area contributed by atoms with Crippen LogP contribution in [0.15, 0.2) is 48.2 Å². The molecule has 136 valence electrons. The van der Waals surface area contributed by atoms with Gasteiger partial charge in [0.2, 0.25) is 0 Å². The third-order valence-electron chi connectivity index (χ3n) is 3.98. The van der Waals surface area contributed by atoms with Crippen molar-refractivity contribution in [1.82, 2.24) is 24.5 Å². The molecule has 4 rings (SSSR count). The zero-order valence-electron chi connectivity index (χ0n) is 14.5. The molecular weight excluding hydrogens is 384 g/mol. The van der Waals surface area contributed by atoms with Gasteiger partial charge in [0.1, 0.15) is 0 Å². The molecule has 1 amide bonds. The van der Waals surface area contributed by atoms with Gasteiger partial charge in [-0.05, 0) is 31.2 Å². The van der Waals surface area contributed by atoms with Crippen molar-refractivity contribution in [2.45, 2.75) is 6.92 Å². The van der Waals surface area contributed by atoms with Crippen LogP contribution < -0.4 is 5.32 Å². The van der Waals surface area contributed by atoms with E-state index in [1.54, 1.807) is 40.0 Å². The molecular formula is C18H15ClN6OS. The number of nitrogens with zero attached hydrogens (tertiary/aromatic N) is 5. The van der Waals surface area contributed by atoms with Crippen molar-refractivity contribution >= 4 is 34.0 Å². The molecule has 0 aliphatic heterocycles. The van der Waals surface area contributed by atoms with E-state index in [1.165, 1.54) is 11.3 Å². The number of nitrogens with one attached hydrogen (secondary N) is 1. The summed E-state index contributed by atoms with van der Waals surface area (Å²) in [6.45, 7) is 1.92. The first kappa shape index (κ1) is 17.4. The maximum atomic E-state index is 12.7. The molecule has 9 heteroatoms. The van der Waals surface area contributed by atoms with Crippen molar-refractivity contribution in [3.63, 3.8) is 0 Å². The lowest BCUT2D eigenvalue weighted by molar-refractivity contribution is 0.102. The van der Waals surface area contributed by atoms with Crippen LogP contribution in [0.5, 0.6) is 0 Å². The lowest BCUT2D eigenvalue weighted by Gasteiger charge is -2.07. The Morgan fingerprint density at radius 1 is 1.33 bits per heavy atom. The van der Waals surface area contributed by atoms with E-state index in [0.717, 1.165) is 22.6 Å². The minimum absolute atomic E-state index is 0.321. The summed E-state index contributed by atoms with van der Waals surface area (Å²) in [6, 6.07) is 6.99. The Morgan fingerprint density at radius 2 is 2.19 bits per heavy atom. The first-order chi connectivity index (χ1) is 13.0. The molecule has 0 aliphatic rings. The Balaban J connectivity index is 1.58. The second kappa shape index (κ2) is 6.98. The number of carbonyl (C=O) groups is 1. The summed E-state index contributed by atoms with van der Waals surface area (Å²) in [4.78, 5) is 17.2. The number of amides is 1. The summed E-state index contributed by atoms with van der Waals surface area (Å²) < 4.78 is 3.41. The lowest BCUT2D eigenvalue weighted by atomic mass is 10.2. The monoisotopic (exact) mass is 398 g/mol. The molecule has 0 radical (unpaired) electrons. The first-order valence-corrected chi connectivity index (χ1v) is 9.34. The molecule has 0 unspecified atom stereocenters. The number of halogens is 1. The molecule has 3 aromatic heterocycles.